The van der Waals surface area contributed by atoms with Crippen molar-refractivity contribution in [1.29, 1.82) is 10.5 Å². The quantitative estimate of drug-likeness (QED) is 0.204. The standard InChI is InChI=1S/C38H34N6O5S/c39-16-12-37(45)43-18-14-31(15-19-43)49-36-11-8-28(24-29(36)26-40)33-13-17-41-38-34(33)25-35(44(38)50(46,47)32-4-2-1-3-5-32)27-6-9-30(10-7-27)42-20-22-48-23-21-42/h1-11,13,17,24-25,31H,12,14-15,18-23H2. The summed E-state index contributed by atoms with van der Waals surface area (Å²) in [4.78, 5) is 20.7. The summed E-state index contributed by atoms with van der Waals surface area (Å²) < 4.78 is 41.6. The Bertz CT molecular complexity index is 2230. The molecule has 11 nitrogen and oxygen atoms in total. The smallest absolute Gasteiger partial charge is 0.269 e. The molecule has 0 aliphatic carbocycles. The van der Waals surface area contributed by atoms with Crippen LogP contribution in [0.2, 0.25) is 0 Å². The summed E-state index contributed by atoms with van der Waals surface area (Å²) in [5.74, 6) is 0.254. The van der Waals surface area contributed by atoms with Gasteiger partial charge in [-0.05, 0) is 65.2 Å². The van der Waals surface area contributed by atoms with Gasteiger partial charge in [-0.25, -0.2) is 17.4 Å². The third-order valence-corrected chi connectivity index (χ3v) is 10.9. The number of aromatic nitrogens is 2. The van der Waals surface area contributed by atoms with Crippen LogP contribution in [0.15, 0.2) is 96.0 Å². The number of hydrogen-bond donors (Lipinski definition) is 0. The third-order valence-electron chi connectivity index (χ3n) is 9.21. The molecule has 0 N–H and O–H groups in total. The number of piperidine rings is 1. The number of pyridine rings is 1. The highest BCUT2D eigenvalue weighted by Crippen LogP contribution is 2.38. The molecule has 0 unspecified atom stereocenters. The van der Waals surface area contributed by atoms with E-state index in [2.05, 4.69) is 16.0 Å². The van der Waals surface area contributed by atoms with Crippen LogP contribution in [-0.4, -0.2) is 73.7 Å². The van der Waals surface area contributed by atoms with Crippen molar-refractivity contribution in [3.8, 4) is 40.3 Å². The molecule has 252 valence electrons. The molecule has 7 rings (SSSR count). The van der Waals surface area contributed by atoms with Gasteiger partial charge in [-0.2, -0.15) is 10.5 Å². The lowest BCUT2D eigenvalue weighted by molar-refractivity contribution is -0.131. The van der Waals surface area contributed by atoms with Gasteiger partial charge in [0.25, 0.3) is 10.0 Å². The van der Waals surface area contributed by atoms with Gasteiger partial charge in [0.2, 0.25) is 5.91 Å². The molecule has 12 heteroatoms. The fraction of sp³-hybridized carbons (Fsp3) is 0.263. The molecule has 2 fully saturated rings. The van der Waals surface area contributed by atoms with Crippen LogP contribution in [0.25, 0.3) is 33.4 Å². The van der Waals surface area contributed by atoms with Crippen molar-refractivity contribution in [1.82, 2.24) is 13.9 Å². The van der Waals surface area contributed by atoms with Crippen LogP contribution in [0.1, 0.15) is 24.8 Å². The van der Waals surface area contributed by atoms with E-state index >= 15 is 0 Å². The largest absolute Gasteiger partial charge is 0.489 e. The molecule has 0 radical (unpaired) electrons. The number of nitriles is 2. The van der Waals surface area contributed by atoms with Gasteiger partial charge in [0.15, 0.2) is 5.65 Å². The zero-order valence-electron chi connectivity index (χ0n) is 27.2. The van der Waals surface area contributed by atoms with Crippen molar-refractivity contribution in [3.63, 3.8) is 0 Å². The maximum Gasteiger partial charge on any atom is 0.269 e. The summed E-state index contributed by atoms with van der Waals surface area (Å²) in [6.07, 6.45) is 2.44. The highest BCUT2D eigenvalue weighted by molar-refractivity contribution is 7.90. The van der Waals surface area contributed by atoms with Crippen LogP contribution in [0.4, 0.5) is 5.69 Å². The average Bonchev–Trinajstić information content (AvgIpc) is 3.57. The van der Waals surface area contributed by atoms with Crippen molar-refractivity contribution in [2.45, 2.75) is 30.3 Å². The molecule has 3 aromatic carbocycles. The van der Waals surface area contributed by atoms with Crippen LogP contribution >= 0.6 is 0 Å². The second-order valence-corrected chi connectivity index (χ2v) is 14.0. The highest BCUT2D eigenvalue weighted by Gasteiger charge is 2.27. The lowest BCUT2D eigenvalue weighted by atomic mass is 10.0. The molecule has 4 heterocycles. The fourth-order valence-electron chi connectivity index (χ4n) is 6.60. The van der Waals surface area contributed by atoms with E-state index < -0.39 is 10.0 Å². The number of benzene rings is 3. The van der Waals surface area contributed by atoms with Crippen LogP contribution in [0, 0.1) is 22.7 Å². The maximum atomic E-state index is 14.3. The molecule has 2 saturated heterocycles. The van der Waals surface area contributed by atoms with Crippen LogP contribution in [0.5, 0.6) is 5.75 Å². The zero-order chi connectivity index (χ0) is 34.7. The number of amides is 1. The van der Waals surface area contributed by atoms with Gasteiger partial charge >= 0.3 is 0 Å². The van der Waals surface area contributed by atoms with Gasteiger partial charge in [-0.1, -0.05) is 36.4 Å². The number of hydrogen-bond acceptors (Lipinski definition) is 9. The third kappa shape index (κ3) is 6.39. The topological polar surface area (TPSA) is 142 Å². The second-order valence-electron chi connectivity index (χ2n) is 12.2. The Balaban J connectivity index is 1.26. The predicted octanol–water partition coefficient (Wildman–Crippen LogP) is 5.60. The SMILES string of the molecule is N#CCC(=O)N1CCC(Oc2ccc(-c3ccnc4c3cc(-c3ccc(N5CCOCC5)cc3)n4S(=O)(=O)c3ccccc3)cc2C#N)CC1. The highest BCUT2D eigenvalue weighted by atomic mass is 32.2. The van der Waals surface area contributed by atoms with Crippen molar-refractivity contribution in [2.24, 2.45) is 0 Å². The fourth-order valence-corrected chi connectivity index (χ4v) is 8.11. The van der Waals surface area contributed by atoms with Crippen LogP contribution in [-0.2, 0) is 19.6 Å². The monoisotopic (exact) mass is 686 g/mol. The van der Waals surface area contributed by atoms with E-state index in [1.54, 1.807) is 53.6 Å². The van der Waals surface area contributed by atoms with Crippen molar-refractivity contribution in [2.75, 3.05) is 44.3 Å². The lowest BCUT2D eigenvalue weighted by Crippen LogP contribution is -2.41. The van der Waals surface area contributed by atoms with Gasteiger partial charge < -0.3 is 19.3 Å². The molecular formula is C38H34N6O5S. The maximum absolute atomic E-state index is 14.3. The molecule has 2 aromatic heterocycles. The van der Waals surface area contributed by atoms with E-state index in [1.807, 2.05) is 48.5 Å². The predicted molar refractivity (Wildman–Crippen MR) is 188 cm³/mol. The first-order valence-electron chi connectivity index (χ1n) is 16.5. The Hall–Kier alpha value is -5.69. The molecule has 50 heavy (non-hydrogen) atoms. The van der Waals surface area contributed by atoms with E-state index in [1.165, 1.54) is 3.97 Å². The zero-order valence-corrected chi connectivity index (χ0v) is 28.1. The summed E-state index contributed by atoms with van der Waals surface area (Å²) in [6, 6.07) is 29.3. The molecule has 2 aliphatic heterocycles. The normalized spacial score (nSPS) is 15.4. The summed E-state index contributed by atoms with van der Waals surface area (Å²) >= 11 is 0. The van der Waals surface area contributed by atoms with Gasteiger partial charge in [-0.15, -0.1) is 0 Å². The minimum absolute atomic E-state index is 0.141. The van der Waals surface area contributed by atoms with E-state index in [4.69, 9.17) is 14.7 Å². The van der Waals surface area contributed by atoms with Crippen molar-refractivity contribution >= 4 is 32.7 Å². The molecular weight excluding hydrogens is 653 g/mol. The molecule has 0 saturated carbocycles. The molecule has 0 atom stereocenters. The Kier molecular flexibility index (Phi) is 9.22. The molecule has 0 spiro atoms. The average molecular weight is 687 g/mol. The number of likely N-dealkylation sites (tertiary alicyclic amines) is 1. The number of rotatable bonds is 8. The first-order valence-corrected chi connectivity index (χ1v) is 17.9. The van der Waals surface area contributed by atoms with Gasteiger partial charge in [-0.3, -0.25) is 4.79 Å². The molecule has 5 aromatic rings. The van der Waals surface area contributed by atoms with E-state index in [9.17, 15) is 18.5 Å². The minimum Gasteiger partial charge on any atom is -0.489 e. The lowest BCUT2D eigenvalue weighted by Gasteiger charge is -2.32. The van der Waals surface area contributed by atoms with E-state index in [0.29, 0.717) is 72.7 Å². The Morgan fingerprint density at radius 3 is 2.32 bits per heavy atom. The number of ether oxygens (including phenoxy) is 2. The van der Waals surface area contributed by atoms with Gasteiger partial charge in [0.1, 0.15) is 24.3 Å². The minimum atomic E-state index is -4.06. The van der Waals surface area contributed by atoms with E-state index in [-0.39, 0.29) is 29.0 Å². The number of morpholine rings is 1. The summed E-state index contributed by atoms with van der Waals surface area (Å²) in [6.45, 7) is 3.86. The first kappa shape index (κ1) is 32.8. The van der Waals surface area contributed by atoms with Gasteiger partial charge in [0.05, 0.1) is 35.4 Å². The Morgan fingerprint density at radius 2 is 1.62 bits per heavy atom. The van der Waals surface area contributed by atoms with Gasteiger partial charge in [0, 0.05) is 56.3 Å². The molecule has 1 amide bonds. The second kappa shape index (κ2) is 14.0. The number of nitrogens with zero attached hydrogens (tertiary/aromatic N) is 6. The number of fused-ring (bicyclic) bond motifs is 1. The summed E-state index contributed by atoms with van der Waals surface area (Å²) in [7, 11) is -4.06. The Labute approximate surface area is 290 Å². The first-order chi connectivity index (χ1) is 24.4. The van der Waals surface area contributed by atoms with Crippen molar-refractivity contribution < 1.29 is 22.7 Å². The number of anilines is 1. The van der Waals surface area contributed by atoms with Crippen LogP contribution in [0.3, 0.4) is 0 Å². The Morgan fingerprint density at radius 1 is 0.900 bits per heavy atom. The van der Waals surface area contributed by atoms with E-state index in [0.717, 1.165) is 24.3 Å². The number of carbonyl (C=O) groups excluding carboxylic acids is 1. The van der Waals surface area contributed by atoms with Crippen molar-refractivity contribution in [3.05, 3.63) is 96.7 Å². The molecule has 2 aliphatic rings. The number of carbonyl (C=O) groups is 1. The summed E-state index contributed by atoms with van der Waals surface area (Å²) in [5.41, 5.74) is 4.26. The molecule has 0 bridgehead atoms. The summed E-state index contributed by atoms with van der Waals surface area (Å²) in [5, 5.41) is 19.6. The van der Waals surface area contributed by atoms with Crippen LogP contribution < -0.4 is 9.64 Å².